The van der Waals surface area contributed by atoms with E-state index < -0.39 is 0 Å². The maximum Gasteiger partial charge on any atom is 0.0504 e. The summed E-state index contributed by atoms with van der Waals surface area (Å²) in [6.07, 6.45) is 2.08. The number of aryl methyl sites for hydroxylation is 1. The summed E-state index contributed by atoms with van der Waals surface area (Å²) in [5, 5.41) is 1.21. The zero-order valence-corrected chi connectivity index (χ0v) is 10.2. The third kappa shape index (κ3) is 1.89. The average molecular weight is 231 g/mol. The molecule has 0 fully saturated rings. The monoisotopic (exact) mass is 231 g/mol. The van der Waals surface area contributed by atoms with E-state index in [1.165, 1.54) is 10.9 Å². The quantitative estimate of drug-likeness (QED) is 0.521. The fraction of sp³-hybridized carbons (Fsp3) is 0.0588. The van der Waals surface area contributed by atoms with Gasteiger partial charge in [0.25, 0.3) is 0 Å². The molecular weight excluding hydrogens is 218 g/mol. The highest BCUT2D eigenvalue weighted by Gasteiger charge is 2.02. The predicted molar refractivity (Wildman–Crippen MR) is 75.3 cm³/mol. The number of hydrogen-bond acceptors (Lipinski definition) is 0. The van der Waals surface area contributed by atoms with Gasteiger partial charge in [-0.15, -0.1) is 0 Å². The van der Waals surface area contributed by atoms with Crippen LogP contribution < -0.4 is 0 Å². The molecule has 0 radical (unpaired) electrons. The van der Waals surface area contributed by atoms with Crippen molar-refractivity contribution in [3.8, 4) is 11.8 Å². The number of aromatic nitrogens is 1. The highest BCUT2D eigenvalue weighted by atomic mass is 14.9. The Balaban J connectivity index is 2.09. The number of rotatable bonds is 0. The second kappa shape index (κ2) is 4.43. The van der Waals surface area contributed by atoms with E-state index in [2.05, 4.69) is 53.9 Å². The van der Waals surface area contributed by atoms with E-state index >= 15 is 0 Å². The molecule has 0 saturated carbocycles. The fourth-order valence-electron chi connectivity index (χ4n) is 2.10. The molecule has 1 aromatic heterocycles. The summed E-state index contributed by atoms with van der Waals surface area (Å²) in [6.45, 7) is 0. The maximum atomic E-state index is 3.25. The summed E-state index contributed by atoms with van der Waals surface area (Å²) in [5.74, 6) is 6.46. The third-order valence-corrected chi connectivity index (χ3v) is 3.01. The van der Waals surface area contributed by atoms with Crippen molar-refractivity contribution >= 4 is 10.9 Å². The van der Waals surface area contributed by atoms with Gasteiger partial charge in [0.2, 0.25) is 0 Å². The first-order valence-electron chi connectivity index (χ1n) is 5.96. The molecule has 3 rings (SSSR count). The van der Waals surface area contributed by atoms with Crippen LogP contribution in [-0.2, 0) is 7.05 Å². The van der Waals surface area contributed by atoms with Crippen molar-refractivity contribution in [1.29, 1.82) is 0 Å². The van der Waals surface area contributed by atoms with Crippen LogP contribution in [0, 0.1) is 11.8 Å². The van der Waals surface area contributed by atoms with E-state index in [1.807, 2.05) is 30.3 Å². The summed E-state index contributed by atoms with van der Waals surface area (Å²) in [5.41, 5.74) is 3.34. The molecule has 0 atom stereocenters. The summed E-state index contributed by atoms with van der Waals surface area (Å²) < 4.78 is 2.12. The Bertz CT molecular complexity index is 739. The van der Waals surface area contributed by atoms with Gasteiger partial charge in [-0.25, -0.2) is 0 Å². The number of para-hydroxylation sites is 1. The van der Waals surface area contributed by atoms with Gasteiger partial charge in [0.1, 0.15) is 0 Å². The molecule has 0 N–H and O–H groups in total. The van der Waals surface area contributed by atoms with Gasteiger partial charge in [-0.05, 0) is 18.2 Å². The molecule has 0 spiro atoms. The molecule has 18 heavy (non-hydrogen) atoms. The fourth-order valence-corrected chi connectivity index (χ4v) is 2.10. The molecule has 1 heteroatoms. The molecule has 3 aromatic rings. The van der Waals surface area contributed by atoms with Crippen molar-refractivity contribution in [3.05, 3.63) is 71.9 Å². The highest BCUT2D eigenvalue weighted by molar-refractivity contribution is 5.86. The van der Waals surface area contributed by atoms with Crippen molar-refractivity contribution in [2.45, 2.75) is 0 Å². The molecule has 0 bridgehead atoms. The first-order valence-corrected chi connectivity index (χ1v) is 5.96. The van der Waals surface area contributed by atoms with Gasteiger partial charge in [0.05, 0.1) is 5.56 Å². The van der Waals surface area contributed by atoms with Gasteiger partial charge < -0.3 is 4.57 Å². The number of hydrogen-bond donors (Lipinski definition) is 0. The van der Waals surface area contributed by atoms with Crippen molar-refractivity contribution in [2.75, 3.05) is 0 Å². The summed E-state index contributed by atoms with van der Waals surface area (Å²) >= 11 is 0. The lowest BCUT2D eigenvalue weighted by atomic mass is 10.1. The standard InChI is InChI=1S/C17H13N/c1-18-13-15(16-9-5-6-10-17(16)18)12-11-14-7-3-2-4-8-14/h2-10,13H,1H3. The van der Waals surface area contributed by atoms with Crippen molar-refractivity contribution < 1.29 is 0 Å². The maximum absolute atomic E-state index is 3.25. The molecule has 0 saturated heterocycles. The zero-order chi connectivity index (χ0) is 12.4. The summed E-state index contributed by atoms with van der Waals surface area (Å²) in [4.78, 5) is 0. The largest absolute Gasteiger partial charge is 0.349 e. The SMILES string of the molecule is Cn1cc(C#Cc2ccccc2)c2ccccc21. The molecule has 0 aliphatic carbocycles. The van der Waals surface area contributed by atoms with E-state index in [9.17, 15) is 0 Å². The van der Waals surface area contributed by atoms with E-state index in [4.69, 9.17) is 0 Å². The van der Waals surface area contributed by atoms with Crippen molar-refractivity contribution in [1.82, 2.24) is 4.57 Å². The van der Waals surface area contributed by atoms with Gasteiger partial charge in [-0.2, -0.15) is 0 Å². The first kappa shape index (κ1) is 10.7. The molecule has 0 unspecified atom stereocenters. The second-order valence-corrected chi connectivity index (χ2v) is 4.29. The van der Waals surface area contributed by atoms with Gasteiger partial charge >= 0.3 is 0 Å². The highest BCUT2D eigenvalue weighted by Crippen LogP contribution is 2.19. The minimum absolute atomic E-state index is 1.05. The molecule has 0 aliphatic heterocycles. The van der Waals surface area contributed by atoms with Crippen LogP contribution in [-0.4, -0.2) is 4.57 Å². The lowest BCUT2D eigenvalue weighted by Gasteiger charge is -1.92. The van der Waals surface area contributed by atoms with Crippen LogP contribution in [0.2, 0.25) is 0 Å². The number of fused-ring (bicyclic) bond motifs is 1. The molecule has 1 nitrogen and oxygen atoms in total. The van der Waals surface area contributed by atoms with E-state index in [-0.39, 0.29) is 0 Å². The second-order valence-electron chi connectivity index (χ2n) is 4.29. The Morgan fingerprint density at radius 3 is 2.39 bits per heavy atom. The van der Waals surface area contributed by atoms with E-state index in [0.29, 0.717) is 0 Å². The van der Waals surface area contributed by atoms with Crippen LogP contribution in [0.3, 0.4) is 0 Å². The Labute approximate surface area is 107 Å². The van der Waals surface area contributed by atoms with Crippen LogP contribution in [0.25, 0.3) is 10.9 Å². The van der Waals surface area contributed by atoms with Crippen molar-refractivity contribution in [3.63, 3.8) is 0 Å². The van der Waals surface area contributed by atoms with Gasteiger partial charge in [0, 0.05) is 29.7 Å². The topological polar surface area (TPSA) is 4.93 Å². The minimum atomic E-state index is 1.05. The molecular formula is C17H13N. The lowest BCUT2D eigenvalue weighted by Crippen LogP contribution is -1.81. The summed E-state index contributed by atoms with van der Waals surface area (Å²) in [7, 11) is 2.05. The van der Waals surface area contributed by atoms with Crippen molar-refractivity contribution in [2.24, 2.45) is 7.05 Å². The Morgan fingerprint density at radius 2 is 1.56 bits per heavy atom. The van der Waals surface area contributed by atoms with Crippen LogP contribution in [0.1, 0.15) is 11.1 Å². The van der Waals surface area contributed by atoms with Gasteiger partial charge in [0.15, 0.2) is 0 Å². The number of nitrogens with zero attached hydrogens (tertiary/aromatic N) is 1. The van der Waals surface area contributed by atoms with Gasteiger partial charge in [-0.1, -0.05) is 48.2 Å². The Morgan fingerprint density at radius 1 is 0.833 bits per heavy atom. The molecule has 0 amide bonds. The predicted octanol–water partition coefficient (Wildman–Crippen LogP) is 3.58. The molecule has 1 heterocycles. The van der Waals surface area contributed by atoms with Crippen LogP contribution in [0.15, 0.2) is 60.8 Å². The third-order valence-electron chi connectivity index (χ3n) is 3.01. The molecule has 0 aliphatic rings. The smallest absolute Gasteiger partial charge is 0.0504 e. The van der Waals surface area contributed by atoms with E-state index in [1.54, 1.807) is 0 Å². The Kier molecular flexibility index (Phi) is 2.63. The van der Waals surface area contributed by atoms with Crippen LogP contribution in [0.5, 0.6) is 0 Å². The zero-order valence-electron chi connectivity index (χ0n) is 10.2. The summed E-state index contributed by atoms with van der Waals surface area (Å²) in [6, 6.07) is 18.4. The Hall–Kier alpha value is -2.46. The lowest BCUT2D eigenvalue weighted by molar-refractivity contribution is 0.967. The van der Waals surface area contributed by atoms with Gasteiger partial charge in [-0.3, -0.25) is 0 Å². The average Bonchev–Trinajstić information content (AvgIpc) is 2.75. The van der Waals surface area contributed by atoms with Crippen LogP contribution in [0.4, 0.5) is 0 Å². The molecule has 2 aromatic carbocycles. The molecule has 86 valence electrons. The normalized spacial score (nSPS) is 10.1. The van der Waals surface area contributed by atoms with E-state index in [0.717, 1.165) is 11.1 Å². The number of benzene rings is 2. The minimum Gasteiger partial charge on any atom is -0.349 e. The first-order chi connectivity index (χ1) is 8.84. The van der Waals surface area contributed by atoms with Crippen LogP contribution >= 0.6 is 0 Å².